The summed E-state index contributed by atoms with van der Waals surface area (Å²) in [5.74, 6) is -1.41. The third-order valence-electron chi connectivity index (χ3n) is 5.00. The van der Waals surface area contributed by atoms with E-state index in [1.54, 1.807) is 14.0 Å². The van der Waals surface area contributed by atoms with Gasteiger partial charge in [-0.05, 0) is 23.6 Å². The molecule has 7 nitrogen and oxygen atoms in total. The Morgan fingerprint density at radius 3 is 2.67 bits per heavy atom. The van der Waals surface area contributed by atoms with Crippen LogP contribution in [0, 0.1) is 6.92 Å². The van der Waals surface area contributed by atoms with Crippen LogP contribution in [-0.2, 0) is 24.8 Å². The van der Waals surface area contributed by atoms with E-state index >= 15 is 0 Å². The molecule has 0 radical (unpaired) electrons. The van der Waals surface area contributed by atoms with E-state index in [2.05, 4.69) is 4.98 Å². The maximum atomic E-state index is 13.2. The molecular formula is C19H17N3O4S. The lowest BCUT2D eigenvalue weighted by Crippen LogP contribution is -2.48. The molecule has 3 aromatic rings. The van der Waals surface area contributed by atoms with E-state index in [9.17, 15) is 19.5 Å². The first-order chi connectivity index (χ1) is 12.9. The fourth-order valence-corrected chi connectivity index (χ4v) is 4.60. The zero-order valence-corrected chi connectivity index (χ0v) is 15.6. The molecule has 1 N–H and O–H groups in total. The molecule has 0 saturated carbocycles. The molecule has 0 aliphatic carbocycles. The average molecular weight is 383 g/mol. The number of aryl methyl sites for hydroxylation is 2. The minimum Gasteiger partial charge on any atom is -0.480 e. The fourth-order valence-electron chi connectivity index (χ4n) is 3.50. The minimum atomic E-state index is -1.04. The van der Waals surface area contributed by atoms with Gasteiger partial charge < -0.3 is 14.6 Å². The number of carboxylic acid groups (broad SMARTS) is 1. The summed E-state index contributed by atoms with van der Waals surface area (Å²) in [4.78, 5) is 43.9. The van der Waals surface area contributed by atoms with Crippen LogP contribution in [0.2, 0.25) is 0 Å². The van der Waals surface area contributed by atoms with Crippen molar-refractivity contribution in [2.24, 2.45) is 7.05 Å². The minimum absolute atomic E-state index is 0.216. The molecule has 0 spiro atoms. The summed E-state index contributed by atoms with van der Waals surface area (Å²) in [7, 11) is 1.61. The number of amides is 1. The maximum Gasteiger partial charge on any atom is 0.326 e. The molecule has 3 heterocycles. The van der Waals surface area contributed by atoms with Gasteiger partial charge in [-0.1, -0.05) is 24.3 Å². The summed E-state index contributed by atoms with van der Waals surface area (Å²) in [5, 5.41) is 10.1. The summed E-state index contributed by atoms with van der Waals surface area (Å²) in [6.07, 6.45) is 1.69. The molecule has 2 aromatic heterocycles. The van der Waals surface area contributed by atoms with E-state index in [0.29, 0.717) is 20.7 Å². The van der Waals surface area contributed by atoms with Gasteiger partial charge >= 0.3 is 5.97 Å². The Morgan fingerprint density at radius 2 is 1.96 bits per heavy atom. The zero-order valence-electron chi connectivity index (χ0n) is 14.8. The van der Waals surface area contributed by atoms with Crippen LogP contribution in [-0.4, -0.2) is 37.5 Å². The number of benzene rings is 1. The quantitative estimate of drug-likeness (QED) is 0.730. The van der Waals surface area contributed by atoms with Gasteiger partial charge in [-0.15, -0.1) is 11.3 Å². The lowest BCUT2D eigenvalue weighted by atomic mass is 9.93. The Bertz CT molecular complexity index is 1150. The first-order valence-electron chi connectivity index (χ1n) is 8.43. The molecule has 0 fully saturated rings. The highest BCUT2D eigenvalue weighted by molar-refractivity contribution is 7.20. The number of thiophene rings is 1. The number of carbonyl (C=O) groups is 2. The summed E-state index contributed by atoms with van der Waals surface area (Å²) in [6.45, 7) is 1.94. The zero-order chi connectivity index (χ0) is 19.3. The molecule has 138 valence electrons. The molecule has 0 saturated heterocycles. The standard InChI is InChI=1S/C19H17N3O4S/c1-10-14-16(20-9-21(2)17(14)23)27-15(10)18(24)22-8-12-6-4-3-5-11(12)7-13(22)19(25)26/h3-6,9,13H,7-8H2,1-2H3,(H,25,26)/t13-/m1/s1. The van der Waals surface area contributed by atoms with E-state index in [0.717, 1.165) is 22.5 Å². The number of fused-ring (bicyclic) bond motifs is 2. The van der Waals surface area contributed by atoms with E-state index in [1.807, 2.05) is 24.3 Å². The lowest BCUT2D eigenvalue weighted by molar-refractivity contribution is -0.142. The second-order valence-corrected chi connectivity index (χ2v) is 7.66. The number of rotatable bonds is 2. The second kappa shape index (κ2) is 6.31. The van der Waals surface area contributed by atoms with Gasteiger partial charge in [0.1, 0.15) is 10.9 Å². The van der Waals surface area contributed by atoms with Gasteiger partial charge in [-0.25, -0.2) is 9.78 Å². The number of aromatic nitrogens is 2. The van der Waals surface area contributed by atoms with Crippen molar-refractivity contribution in [2.75, 3.05) is 0 Å². The summed E-state index contributed by atoms with van der Waals surface area (Å²) < 4.78 is 1.37. The molecule has 1 aromatic carbocycles. The number of nitrogens with zero attached hydrogens (tertiary/aromatic N) is 3. The van der Waals surface area contributed by atoms with Gasteiger partial charge in [0.05, 0.1) is 16.6 Å². The van der Waals surface area contributed by atoms with Gasteiger partial charge in [-0.2, -0.15) is 0 Å². The first-order valence-corrected chi connectivity index (χ1v) is 9.25. The number of hydrogen-bond donors (Lipinski definition) is 1. The summed E-state index contributed by atoms with van der Waals surface area (Å²) in [6, 6.07) is 6.61. The van der Waals surface area contributed by atoms with Gasteiger partial charge in [0.15, 0.2) is 0 Å². The van der Waals surface area contributed by atoms with Crippen LogP contribution in [0.15, 0.2) is 35.4 Å². The Hall–Kier alpha value is -3.00. The molecule has 0 bridgehead atoms. The van der Waals surface area contributed by atoms with Crippen molar-refractivity contribution in [3.05, 3.63) is 62.5 Å². The smallest absolute Gasteiger partial charge is 0.326 e. The van der Waals surface area contributed by atoms with Gasteiger partial charge in [0, 0.05) is 20.0 Å². The summed E-state index contributed by atoms with van der Waals surface area (Å²) in [5.41, 5.74) is 2.22. The third-order valence-corrected chi connectivity index (χ3v) is 6.19. The van der Waals surface area contributed by atoms with Gasteiger partial charge in [-0.3, -0.25) is 9.59 Å². The normalized spacial score (nSPS) is 16.4. The van der Waals surface area contributed by atoms with Crippen LogP contribution in [0.25, 0.3) is 10.2 Å². The topological polar surface area (TPSA) is 92.5 Å². The predicted octanol–water partition coefficient (Wildman–Crippen LogP) is 1.96. The monoisotopic (exact) mass is 383 g/mol. The van der Waals surface area contributed by atoms with Crippen molar-refractivity contribution in [1.29, 1.82) is 0 Å². The van der Waals surface area contributed by atoms with E-state index in [4.69, 9.17) is 0 Å². The average Bonchev–Trinajstić information content (AvgIpc) is 3.00. The summed E-state index contributed by atoms with van der Waals surface area (Å²) >= 11 is 1.13. The number of hydrogen-bond acceptors (Lipinski definition) is 5. The predicted molar refractivity (Wildman–Crippen MR) is 101 cm³/mol. The number of carbonyl (C=O) groups excluding carboxylic acids is 1. The van der Waals surface area contributed by atoms with Crippen LogP contribution < -0.4 is 5.56 Å². The largest absolute Gasteiger partial charge is 0.480 e. The van der Waals surface area contributed by atoms with Crippen molar-refractivity contribution in [3.8, 4) is 0 Å². The van der Waals surface area contributed by atoms with Crippen molar-refractivity contribution in [2.45, 2.75) is 25.9 Å². The highest BCUT2D eigenvalue weighted by Gasteiger charge is 2.36. The van der Waals surface area contributed by atoms with Crippen molar-refractivity contribution >= 4 is 33.4 Å². The van der Waals surface area contributed by atoms with Crippen molar-refractivity contribution < 1.29 is 14.7 Å². The van der Waals surface area contributed by atoms with Crippen LogP contribution in [0.3, 0.4) is 0 Å². The molecular weight excluding hydrogens is 366 g/mol. The van der Waals surface area contributed by atoms with E-state index in [1.165, 1.54) is 15.8 Å². The fraction of sp³-hybridized carbons (Fsp3) is 0.263. The van der Waals surface area contributed by atoms with E-state index in [-0.39, 0.29) is 24.4 Å². The molecule has 1 aliphatic heterocycles. The second-order valence-electron chi connectivity index (χ2n) is 6.66. The lowest BCUT2D eigenvalue weighted by Gasteiger charge is -2.34. The molecule has 1 aliphatic rings. The van der Waals surface area contributed by atoms with Crippen LogP contribution in [0.5, 0.6) is 0 Å². The molecule has 27 heavy (non-hydrogen) atoms. The maximum absolute atomic E-state index is 13.2. The Kier molecular flexibility index (Phi) is 4.07. The van der Waals surface area contributed by atoms with Gasteiger partial charge in [0.2, 0.25) is 0 Å². The third kappa shape index (κ3) is 2.73. The number of carboxylic acids is 1. The highest BCUT2D eigenvalue weighted by Crippen LogP contribution is 2.31. The Balaban J connectivity index is 1.81. The Labute approximate surface area is 158 Å². The molecule has 1 atom stereocenters. The van der Waals surface area contributed by atoms with Crippen molar-refractivity contribution in [3.63, 3.8) is 0 Å². The van der Waals surface area contributed by atoms with Crippen LogP contribution in [0.4, 0.5) is 0 Å². The van der Waals surface area contributed by atoms with Crippen LogP contribution >= 0.6 is 11.3 Å². The molecule has 1 amide bonds. The van der Waals surface area contributed by atoms with Crippen molar-refractivity contribution in [1.82, 2.24) is 14.5 Å². The first kappa shape index (κ1) is 17.4. The molecule has 0 unspecified atom stereocenters. The highest BCUT2D eigenvalue weighted by atomic mass is 32.1. The van der Waals surface area contributed by atoms with Crippen LogP contribution in [0.1, 0.15) is 26.4 Å². The Morgan fingerprint density at radius 1 is 1.26 bits per heavy atom. The molecule has 4 rings (SSSR count). The number of aliphatic carboxylic acids is 1. The van der Waals surface area contributed by atoms with Gasteiger partial charge in [0.25, 0.3) is 11.5 Å². The van der Waals surface area contributed by atoms with E-state index < -0.39 is 12.0 Å². The molecule has 8 heteroatoms. The SMILES string of the molecule is Cc1c(C(=O)N2Cc3ccccc3C[C@@H]2C(=O)O)sc2ncn(C)c(=O)c12.